The summed E-state index contributed by atoms with van der Waals surface area (Å²) in [5, 5.41) is 8.17. The van der Waals surface area contributed by atoms with Crippen LogP contribution in [0.4, 0.5) is 17.6 Å². The first-order valence-electron chi connectivity index (χ1n) is 9.19. The number of alkyl halides is 4. The normalized spacial score (nSPS) is 22.9. The third-order valence-corrected chi connectivity index (χ3v) is 5.63. The molecule has 0 bridgehead atoms. The molecule has 0 aromatic carbocycles. The molecule has 0 saturated heterocycles. The Morgan fingerprint density at radius 2 is 1.37 bits per heavy atom. The van der Waals surface area contributed by atoms with Gasteiger partial charge < -0.3 is 0 Å². The number of hydrogen-bond acceptors (Lipinski definition) is 2. The predicted molar refractivity (Wildman–Crippen MR) is 97.1 cm³/mol. The van der Waals surface area contributed by atoms with Gasteiger partial charge in [-0.3, -0.25) is 9.36 Å². The Morgan fingerprint density at radius 1 is 0.852 bits per heavy atom. The second-order valence-electron chi connectivity index (χ2n) is 7.30. The van der Waals surface area contributed by atoms with Gasteiger partial charge in [0.1, 0.15) is 0 Å². The molecule has 0 N–H and O–H groups in total. The minimum Gasteiger partial charge on any atom is -0.270 e. The fourth-order valence-electron chi connectivity index (χ4n) is 3.59. The lowest BCUT2D eigenvalue weighted by atomic mass is 9.92. The Kier molecular flexibility index (Phi) is 6.28. The Hall–Kier alpha value is -1.38. The summed E-state index contributed by atoms with van der Waals surface area (Å²) in [5.41, 5.74) is 0. The van der Waals surface area contributed by atoms with Crippen LogP contribution in [0.1, 0.15) is 63.5 Å². The van der Waals surface area contributed by atoms with Crippen molar-refractivity contribution in [2.24, 2.45) is 0 Å². The average molecular weight is 451 g/mol. The van der Waals surface area contributed by atoms with E-state index in [1.54, 1.807) is 21.8 Å². The molecule has 2 aromatic rings. The summed E-state index contributed by atoms with van der Waals surface area (Å²) >= 11 is 3.29. The van der Waals surface area contributed by atoms with Crippen molar-refractivity contribution in [3.8, 4) is 0 Å². The van der Waals surface area contributed by atoms with Crippen LogP contribution in [0.25, 0.3) is 0 Å². The quantitative estimate of drug-likeness (QED) is 0.523. The number of rotatable bonds is 2. The molecule has 0 aliphatic heterocycles. The van der Waals surface area contributed by atoms with Crippen LogP contribution < -0.4 is 0 Å². The maximum atomic E-state index is 12.9. The molecule has 2 saturated carbocycles. The Labute approximate surface area is 164 Å². The number of hydrogen-bond donors (Lipinski definition) is 0. The van der Waals surface area contributed by atoms with E-state index in [9.17, 15) is 17.6 Å². The molecule has 4 rings (SSSR count). The maximum absolute atomic E-state index is 12.9. The number of aromatic nitrogens is 4. The average Bonchev–Trinajstić information content (AvgIpc) is 3.27. The Bertz CT molecular complexity index is 697. The molecule has 2 heterocycles. The van der Waals surface area contributed by atoms with Crippen molar-refractivity contribution in [2.75, 3.05) is 0 Å². The molecule has 4 nitrogen and oxygen atoms in total. The Morgan fingerprint density at radius 3 is 1.78 bits per heavy atom. The van der Waals surface area contributed by atoms with Gasteiger partial charge in [-0.25, -0.2) is 17.6 Å². The van der Waals surface area contributed by atoms with Crippen LogP contribution in [-0.2, 0) is 0 Å². The van der Waals surface area contributed by atoms with E-state index in [-0.39, 0.29) is 37.8 Å². The van der Waals surface area contributed by atoms with E-state index in [0.717, 1.165) is 4.47 Å². The van der Waals surface area contributed by atoms with Crippen LogP contribution in [0.15, 0.2) is 35.3 Å². The van der Waals surface area contributed by atoms with Crippen molar-refractivity contribution in [3.63, 3.8) is 0 Å². The molecule has 0 amide bonds. The van der Waals surface area contributed by atoms with Crippen molar-refractivity contribution in [3.05, 3.63) is 35.3 Å². The van der Waals surface area contributed by atoms with Crippen LogP contribution in [0.5, 0.6) is 0 Å². The van der Waals surface area contributed by atoms with Gasteiger partial charge in [0, 0.05) is 44.3 Å². The van der Waals surface area contributed by atoms with Gasteiger partial charge in [0.15, 0.2) is 0 Å². The van der Waals surface area contributed by atoms with E-state index < -0.39 is 11.8 Å². The zero-order valence-corrected chi connectivity index (χ0v) is 16.5. The molecule has 9 heteroatoms. The first-order valence-corrected chi connectivity index (χ1v) is 9.98. The molecule has 150 valence electrons. The molecule has 2 aromatic heterocycles. The van der Waals surface area contributed by atoms with Crippen LogP contribution in [0, 0.1) is 0 Å². The molecule has 2 fully saturated rings. The first-order chi connectivity index (χ1) is 12.7. The smallest absolute Gasteiger partial charge is 0.248 e. The third-order valence-electron chi connectivity index (χ3n) is 5.22. The van der Waals surface area contributed by atoms with Gasteiger partial charge in [-0.15, -0.1) is 0 Å². The highest BCUT2D eigenvalue weighted by Crippen LogP contribution is 2.39. The lowest BCUT2D eigenvalue weighted by Gasteiger charge is -2.28. The SMILES string of the molecule is FC1(F)CCC(n2cc(Br)cn2)CC1.FC1(F)CCC(n2cccn2)CC1. The fourth-order valence-corrected chi connectivity index (χ4v) is 3.89. The fraction of sp³-hybridized carbons (Fsp3) is 0.667. The van der Waals surface area contributed by atoms with Crippen LogP contribution in [-0.4, -0.2) is 31.4 Å². The summed E-state index contributed by atoms with van der Waals surface area (Å²) in [7, 11) is 0. The zero-order valence-electron chi connectivity index (χ0n) is 14.9. The van der Waals surface area contributed by atoms with Gasteiger partial charge in [-0.1, -0.05) is 0 Å². The predicted octanol–water partition coefficient (Wildman–Crippen LogP) is 6.03. The van der Waals surface area contributed by atoms with Gasteiger partial charge in [-0.2, -0.15) is 10.2 Å². The van der Waals surface area contributed by atoms with Gasteiger partial charge >= 0.3 is 0 Å². The van der Waals surface area contributed by atoms with Gasteiger partial charge in [0.05, 0.1) is 22.8 Å². The largest absolute Gasteiger partial charge is 0.270 e. The maximum Gasteiger partial charge on any atom is 0.248 e. The first kappa shape index (κ1) is 20.4. The monoisotopic (exact) mass is 450 g/mol. The summed E-state index contributed by atoms with van der Waals surface area (Å²) in [6, 6.07) is 2.14. The molecule has 0 radical (unpaired) electrons. The molecule has 27 heavy (non-hydrogen) atoms. The molecule has 0 spiro atoms. The molecule has 0 unspecified atom stereocenters. The van der Waals surface area contributed by atoms with Gasteiger partial charge in [0.25, 0.3) is 0 Å². The summed E-state index contributed by atoms with van der Waals surface area (Å²) in [5.74, 6) is -4.90. The van der Waals surface area contributed by atoms with Crippen molar-refractivity contribution in [2.45, 2.75) is 75.3 Å². The highest BCUT2D eigenvalue weighted by molar-refractivity contribution is 9.10. The summed E-state index contributed by atoms with van der Waals surface area (Å²) in [6.45, 7) is 0. The van der Waals surface area contributed by atoms with Gasteiger partial charge in [0.2, 0.25) is 11.8 Å². The van der Waals surface area contributed by atoms with E-state index in [2.05, 4.69) is 26.1 Å². The third kappa shape index (κ3) is 5.80. The number of halogens is 5. The Balaban J connectivity index is 0.000000156. The highest BCUT2D eigenvalue weighted by atomic mass is 79.9. The lowest BCUT2D eigenvalue weighted by Crippen LogP contribution is -2.26. The van der Waals surface area contributed by atoms with E-state index >= 15 is 0 Å². The van der Waals surface area contributed by atoms with E-state index in [4.69, 9.17) is 0 Å². The molecular weight excluding hydrogens is 428 g/mol. The topological polar surface area (TPSA) is 35.6 Å². The highest BCUT2D eigenvalue weighted by Gasteiger charge is 2.36. The van der Waals surface area contributed by atoms with Crippen molar-refractivity contribution >= 4 is 15.9 Å². The number of nitrogens with zero attached hydrogens (tertiary/aromatic N) is 4. The zero-order chi connectivity index (χ0) is 19.5. The standard InChI is InChI=1S/C9H11BrF2N2.C9H12F2N2/c10-7-5-13-14(6-7)8-1-3-9(11,12)4-2-8;10-9(11)4-2-8(3-5-9)13-7-1-6-12-13/h5-6,8H,1-4H2;1,6-8H,2-5H2. The van der Waals surface area contributed by atoms with Crippen LogP contribution in [0.2, 0.25) is 0 Å². The van der Waals surface area contributed by atoms with E-state index in [1.165, 1.54) is 0 Å². The van der Waals surface area contributed by atoms with E-state index in [1.807, 2.05) is 18.5 Å². The van der Waals surface area contributed by atoms with Crippen LogP contribution in [0.3, 0.4) is 0 Å². The minimum absolute atomic E-state index is 0.00245. The molecule has 2 aliphatic carbocycles. The molecular formula is C18H23BrF4N4. The van der Waals surface area contributed by atoms with Gasteiger partial charge in [-0.05, 0) is 47.7 Å². The van der Waals surface area contributed by atoms with Crippen molar-refractivity contribution in [1.82, 2.24) is 19.6 Å². The lowest BCUT2D eigenvalue weighted by molar-refractivity contribution is -0.0455. The second kappa shape index (κ2) is 8.32. The van der Waals surface area contributed by atoms with Crippen molar-refractivity contribution in [1.29, 1.82) is 0 Å². The molecule has 2 aliphatic rings. The minimum atomic E-state index is -2.46. The second-order valence-corrected chi connectivity index (χ2v) is 8.21. The summed E-state index contributed by atoms with van der Waals surface area (Å²) < 4.78 is 55.8. The van der Waals surface area contributed by atoms with E-state index in [0.29, 0.717) is 25.7 Å². The van der Waals surface area contributed by atoms with Crippen molar-refractivity contribution < 1.29 is 17.6 Å². The summed E-state index contributed by atoms with van der Waals surface area (Å²) in [4.78, 5) is 0. The van der Waals surface area contributed by atoms with Crippen LogP contribution >= 0.6 is 15.9 Å². The molecule has 0 atom stereocenters. The summed E-state index contributed by atoms with van der Waals surface area (Å²) in [6.07, 6.45) is 9.12.